The Balaban J connectivity index is 1.35. The summed E-state index contributed by atoms with van der Waals surface area (Å²) in [5.41, 5.74) is 1.17. The van der Waals surface area contributed by atoms with Gasteiger partial charge in [0.25, 0.3) is 5.91 Å². The van der Waals surface area contributed by atoms with Crippen molar-refractivity contribution in [2.24, 2.45) is 5.92 Å². The van der Waals surface area contributed by atoms with E-state index in [9.17, 15) is 26.8 Å². The highest BCUT2D eigenvalue weighted by Crippen LogP contribution is 2.29. The lowest BCUT2D eigenvalue weighted by molar-refractivity contribution is -0.119. The van der Waals surface area contributed by atoms with Crippen molar-refractivity contribution >= 4 is 33.3 Å². The molecular formula is C23H22F2N6O5S. The Kier molecular flexibility index (Phi) is 6.70. The molecule has 2 amide bonds. The molecule has 5 rings (SSSR count). The summed E-state index contributed by atoms with van der Waals surface area (Å²) in [5.74, 6) is -3.21. The number of H-pyrrole nitrogens is 1. The zero-order valence-electron chi connectivity index (χ0n) is 19.3. The maximum Gasteiger partial charge on any atom is 0.277 e. The van der Waals surface area contributed by atoms with Gasteiger partial charge in [-0.15, -0.1) is 0 Å². The molecule has 11 nitrogen and oxygen atoms in total. The molecule has 1 aromatic carbocycles. The third-order valence-electron chi connectivity index (χ3n) is 6.19. The quantitative estimate of drug-likeness (QED) is 0.440. The maximum absolute atomic E-state index is 13.7. The van der Waals surface area contributed by atoms with Gasteiger partial charge in [-0.2, -0.15) is 9.40 Å². The normalized spacial score (nSPS) is 17.8. The zero-order valence-corrected chi connectivity index (χ0v) is 20.1. The first kappa shape index (κ1) is 24.9. The third-order valence-corrected chi connectivity index (χ3v) is 8.01. The van der Waals surface area contributed by atoms with E-state index in [4.69, 9.17) is 4.74 Å². The second-order valence-corrected chi connectivity index (χ2v) is 10.6. The summed E-state index contributed by atoms with van der Waals surface area (Å²) in [6.45, 7) is 0.651. The summed E-state index contributed by atoms with van der Waals surface area (Å²) >= 11 is 0. The van der Waals surface area contributed by atoms with Crippen molar-refractivity contribution in [3.05, 3.63) is 65.1 Å². The predicted molar refractivity (Wildman–Crippen MR) is 126 cm³/mol. The fraction of sp³-hybridized carbons (Fsp3) is 0.304. The average molecular weight is 533 g/mol. The van der Waals surface area contributed by atoms with Gasteiger partial charge in [-0.05, 0) is 30.7 Å². The molecule has 0 aliphatic carbocycles. The molecule has 2 aliphatic rings. The van der Waals surface area contributed by atoms with Crippen LogP contribution in [0.25, 0.3) is 0 Å². The van der Waals surface area contributed by atoms with Gasteiger partial charge < -0.3 is 15.4 Å². The van der Waals surface area contributed by atoms with Gasteiger partial charge in [-0.1, -0.05) is 0 Å². The Morgan fingerprint density at radius 1 is 1.16 bits per heavy atom. The van der Waals surface area contributed by atoms with Crippen molar-refractivity contribution in [2.45, 2.75) is 24.3 Å². The number of hydrogen-bond donors (Lipinski definition) is 3. The number of fused-ring (bicyclic) bond motifs is 1. The van der Waals surface area contributed by atoms with Gasteiger partial charge in [0.05, 0.1) is 23.1 Å². The van der Waals surface area contributed by atoms with Crippen LogP contribution in [0.3, 0.4) is 0 Å². The van der Waals surface area contributed by atoms with Gasteiger partial charge >= 0.3 is 0 Å². The van der Waals surface area contributed by atoms with E-state index < -0.39 is 32.5 Å². The van der Waals surface area contributed by atoms with E-state index in [-0.39, 0.29) is 48.5 Å². The molecule has 1 saturated heterocycles. The monoisotopic (exact) mass is 532 g/mol. The third kappa shape index (κ3) is 5.08. The molecule has 4 heterocycles. The van der Waals surface area contributed by atoms with Crippen LogP contribution in [0, 0.1) is 17.6 Å². The number of aromatic amines is 1. The minimum Gasteiger partial charge on any atom is -0.381 e. The lowest BCUT2D eigenvalue weighted by Gasteiger charge is -2.26. The molecule has 0 spiro atoms. The molecule has 0 bridgehead atoms. The van der Waals surface area contributed by atoms with E-state index in [1.807, 2.05) is 0 Å². The number of nitrogens with one attached hydrogen (secondary N) is 3. The topological polar surface area (TPSA) is 146 Å². The van der Waals surface area contributed by atoms with Gasteiger partial charge in [0.15, 0.2) is 11.5 Å². The summed E-state index contributed by atoms with van der Waals surface area (Å²) in [6, 6.07) is 5.21. The van der Waals surface area contributed by atoms with Crippen LogP contribution in [0.15, 0.2) is 41.4 Å². The Morgan fingerprint density at radius 3 is 2.68 bits per heavy atom. The number of ether oxygens (including phenoxy) is 1. The van der Waals surface area contributed by atoms with Gasteiger partial charge in [0.1, 0.15) is 11.6 Å². The number of nitrogens with zero attached hydrogens (tertiary/aromatic N) is 3. The number of carbonyl (C=O) groups is 2. The molecule has 1 fully saturated rings. The number of sulfonamides is 1. The summed E-state index contributed by atoms with van der Waals surface area (Å²) < 4.78 is 59.7. The molecule has 1 atom stereocenters. The van der Waals surface area contributed by atoms with Crippen molar-refractivity contribution in [3.63, 3.8) is 0 Å². The van der Waals surface area contributed by atoms with E-state index in [1.165, 1.54) is 6.20 Å². The molecule has 2 aromatic heterocycles. The van der Waals surface area contributed by atoms with E-state index in [2.05, 4.69) is 25.8 Å². The first-order valence-electron chi connectivity index (χ1n) is 11.4. The number of aromatic nitrogens is 3. The summed E-state index contributed by atoms with van der Waals surface area (Å²) in [6.07, 6.45) is 2.22. The van der Waals surface area contributed by atoms with Crippen LogP contribution < -0.4 is 10.6 Å². The predicted octanol–water partition coefficient (Wildman–Crippen LogP) is 2.06. The maximum atomic E-state index is 13.7. The molecule has 0 radical (unpaired) electrons. The van der Waals surface area contributed by atoms with Crippen LogP contribution >= 0.6 is 0 Å². The van der Waals surface area contributed by atoms with Crippen molar-refractivity contribution in [1.82, 2.24) is 19.5 Å². The van der Waals surface area contributed by atoms with Crippen LogP contribution in [0.1, 0.15) is 28.2 Å². The Bertz CT molecular complexity index is 1450. The van der Waals surface area contributed by atoms with Crippen LogP contribution in [0.2, 0.25) is 0 Å². The molecule has 37 heavy (non-hydrogen) atoms. The van der Waals surface area contributed by atoms with Crippen LogP contribution in [-0.4, -0.2) is 59.5 Å². The van der Waals surface area contributed by atoms with E-state index in [1.54, 1.807) is 12.1 Å². The van der Waals surface area contributed by atoms with Crippen LogP contribution in [-0.2, 0) is 32.5 Å². The first-order chi connectivity index (χ1) is 17.7. The SMILES string of the molecule is O=C(Nc1n[nH]c2c1CN(S(=O)(=O)c1cc(F)cc(F)c1)CC2)c1ncccc1NC(=O)C1CCOC1. The van der Waals surface area contributed by atoms with E-state index in [0.717, 1.165) is 16.4 Å². The number of halogens is 2. The highest BCUT2D eigenvalue weighted by Gasteiger charge is 2.32. The number of anilines is 2. The second-order valence-electron chi connectivity index (χ2n) is 8.63. The molecule has 3 aromatic rings. The standard InChI is InChI=1S/C23H22F2N6O5S/c24-14-8-15(25)10-16(9-14)37(34,35)31-6-3-18-17(11-31)21(30-29-18)28-23(33)20-19(2-1-5-26-20)27-22(32)13-4-7-36-12-13/h1-2,5,8-10,13H,3-4,6-7,11-12H2,(H,27,32)(H2,28,29,30,33). The van der Waals surface area contributed by atoms with Crippen LogP contribution in [0.4, 0.5) is 20.3 Å². The number of rotatable bonds is 6. The second kappa shape index (κ2) is 9.95. The fourth-order valence-corrected chi connectivity index (χ4v) is 5.69. The van der Waals surface area contributed by atoms with Crippen LogP contribution in [0.5, 0.6) is 0 Å². The molecule has 0 saturated carbocycles. The molecule has 1 unspecified atom stereocenters. The highest BCUT2D eigenvalue weighted by molar-refractivity contribution is 7.89. The minimum atomic E-state index is -4.22. The molecule has 2 aliphatic heterocycles. The van der Waals surface area contributed by atoms with E-state index in [0.29, 0.717) is 37.0 Å². The van der Waals surface area contributed by atoms with Crippen molar-refractivity contribution in [2.75, 3.05) is 30.4 Å². The lowest BCUT2D eigenvalue weighted by atomic mass is 10.1. The Labute approximate surface area is 210 Å². The fourth-order valence-electron chi connectivity index (χ4n) is 4.24. The molecular weight excluding hydrogens is 510 g/mol. The number of carbonyl (C=O) groups excluding carboxylic acids is 2. The first-order valence-corrected chi connectivity index (χ1v) is 12.8. The number of pyridine rings is 1. The average Bonchev–Trinajstić information content (AvgIpc) is 3.54. The zero-order chi connectivity index (χ0) is 26.2. The highest BCUT2D eigenvalue weighted by atomic mass is 32.2. The number of amides is 2. The summed E-state index contributed by atoms with van der Waals surface area (Å²) in [5, 5.41) is 12.2. The number of benzene rings is 1. The summed E-state index contributed by atoms with van der Waals surface area (Å²) in [4.78, 5) is 29.2. The largest absolute Gasteiger partial charge is 0.381 e. The van der Waals surface area contributed by atoms with Gasteiger partial charge in [-0.25, -0.2) is 22.2 Å². The number of hydrogen-bond acceptors (Lipinski definition) is 7. The molecule has 3 N–H and O–H groups in total. The van der Waals surface area contributed by atoms with Gasteiger partial charge in [-0.3, -0.25) is 14.7 Å². The lowest BCUT2D eigenvalue weighted by Crippen LogP contribution is -2.36. The van der Waals surface area contributed by atoms with Crippen molar-refractivity contribution in [3.8, 4) is 0 Å². The Morgan fingerprint density at radius 2 is 1.95 bits per heavy atom. The Hall–Kier alpha value is -3.75. The molecule has 14 heteroatoms. The van der Waals surface area contributed by atoms with Crippen molar-refractivity contribution < 1.29 is 31.5 Å². The van der Waals surface area contributed by atoms with Gasteiger partial charge in [0.2, 0.25) is 15.9 Å². The summed E-state index contributed by atoms with van der Waals surface area (Å²) in [7, 11) is -4.22. The van der Waals surface area contributed by atoms with Crippen molar-refractivity contribution in [1.29, 1.82) is 0 Å². The minimum absolute atomic E-state index is 0.0460. The smallest absolute Gasteiger partial charge is 0.277 e. The van der Waals surface area contributed by atoms with Gasteiger partial charge in [0, 0.05) is 49.6 Å². The molecule has 194 valence electrons. The van der Waals surface area contributed by atoms with E-state index >= 15 is 0 Å².